The third-order valence-corrected chi connectivity index (χ3v) is 4.35. The highest BCUT2D eigenvalue weighted by Crippen LogP contribution is 2.22. The van der Waals surface area contributed by atoms with Gasteiger partial charge in [-0.25, -0.2) is 9.59 Å². The summed E-state index contributed by atoms with van der Waals surface area (Å²) in [6, 6.07) is -3.15. The molecule has 0 saturated heterocycles. The molecule has 0 aromatic carbocycles. The SMILES string of the molecule is CC(=O)N[C@H]1[C@H]([C@H](O)[C@H](O)CO)OC(C(=O)N[C@H](C(=O)O)C(C)C)=C[C@@H]1N.O=C(O)C(F)(F)F. The van der Waals surface area contributed by atoms with E-state index in [-0.39, 0.29) is 5.76 Å². The van der Waals surface area contributed by atoms with E-state index in [2.05, 4.69) is 10.6 Å². The maximum Gasteiger partial charge on any atom is 0.490 e. The number of carboxylic acids is 2. The molecule has 9 N–H and O–H groups in total. The Bertz CT molecular complexity index is 775. The third-order valence-electron chi connectivity index (χ3n) is 4.35. The molecule has 0 aromatic rings. The number of aliphatic hydroxyl groups is 3. The lowest BCUT2D eigenvalue weighted by atomic mass is 9.92. The molecule has 0 aromatic heterocycles. The smallest absolute Gasteiger partial charge is 0.480 e. The summed E-state index contributed by atoms with van der Waals surface area (Å²) in [5.41, 5.74) is 5.95. The number of carbonyl (C=O) groups is 4. The number of carbonyl (C=O) groups excluding carboxylic acids is 2. The topological polar surface area (TPSA) is 229 Å². The molecule has 13 nitrogen and oxygen atoms in total. The summed E-state index contributed by atoms with van der Waals surface area (Å²) in [7, 11) is 0. The number of halogens is 3. The molecule has 0 spiro atoms. The lowest BCUT2D eigenvalue weighted by molar-refractivity contribution is -0.192. The number of aliphatic hydroxyl groups excluding tert-OH is 3. The summed E-state index contributed by atoms with van der Waals surface area (Å²) in [4.78, 5) is 43.9. The fraction of sp³-hybridized carbons (Fsp3) is 0.667. The molecule has 0 saturated carbocycles. The molecule has 0 bridgehead atoms. The average molecular weight is 503 g/mol. The zero-order valence-corrected chi connectivity index (χ0v) is 18.3. The van der Waals surface area contributed by atoms with Crippen LogP contribution in [0, 0.1) is 5.92 Å². The van der Waals surface area contributed by atoms with Gasteiger partial charge in [0.05, 0.1) is 18.7 Å². The lowest BCUT2D eigenvalue weighted by Gasteiger charge is -2.39. The van der Waals surface area contributed by atoms with Gasteiger partial charge in [-0.2, -0.15) is 13.2 Å². The van der Waals surface area contributed by atoms with Gasteiger partial charge in [0.25, 0.3) is 5.91 Å². The van der Waals surface area contributed by atoms with Crippen LogP contribution < -0.4 is 16.4 Å². The van der Waals surface area contributed by atoms with Crippen molar-refractivity contribution in [2.75, 3.05) is 6.61 Å². The quantitative estimate of drug-likeness (QED) is 0.175. The number of alkyl halides is 3. The highest BCUT2D eigenvalue weighted by Gasteiger charge is 2.42. The van der Waals surface area contributed by atoms with Crippen molar-refractivity contribution in [1.82, 2.24) is 10.6 Å². The molecule has 2 amide bonds. The van der Waals surface area contributed by atoms with E-state index in [0.29, 0.717) is 0 Å². The zero-order valence-electron chi connectivity index (χ0n) is 18.3. The fourth-order valence-electron chi connectivity index (χ4n) is 2.63. The minimum atomic E-state index is -5.08. The van der Waals surface area contributed by atoms with Gasteiger partial charge >= 0.3 is 18.1 Å². The van der Waals surface area contributed by atoms with Gasteiger partial charge in [-0.1, -0.05) is 13.8 Å². The number of nitrogens with one attached hydrogen (secondary N) is 2. The first-order valence-corrected chi connectivity index (χ1v) is 9.65. The fourth-order valence-corrected chi connectivity index (χ4v) is 2.63. The van der Waals surface area contributed by atoms with E-state index in [1.807, 2.05) is 0 Å². The lowest BCUT2D eigenvalue weighted by Crippen LogP contribution is -2.62. The minimum absolute atomic E-state index is 0.356. The van der Waals surface area contributed by atoms with Crippen LogP contribution in [0.25, 0.3) is 0 Å². The first kappa shape index (κ1) is 31.0. The van der Waals surface area contributed by atoms with E-state index in [1.54, 1.807) is 13.8 Å². The van der Waals surface area contributed by atoms with E-state index in [4.69, 9.17) is 25.5 Å². The van der Waals surface area contributed by atoms with Crippen molar-refractivity contribution < 1.29 is 62.6 Å². The van der Waals surface area contributed by atoms with Crippen molar-refractivity contribution in [1.29, 1.82) is 0 Å². The van der Waals surface area contributed by atoms with Gasteiger partial charge in [-0.05, 0) is 12.0 Å². The van der Waals surface area contributed by atoms with Gasteiger partial charge in [0.2, 0.25) is 5.91 Å². The molecule has 1 aliphatic rings. The van der Waals surface area contributed by atoms with E-state index in [9.17, 15) is 42.9 Å². The van der Waals surface area contributed by atoms with Crippen molar-refractivity contribution in [3.63, 3.8) is 0 Å². The molecule has 0 radical (unpaired) electrons. The molecular formula is C18H28F3N3O10. The van der Waals surface area contributed by atoms with Crippen LogP contribution in [-0.2, 0) is 23.9 Å². The Kier molecular flexibility index (Phi) is 11.9. The Labute approximate surface area is 191 Å². The van der Waals surface area contributed by atoms with Crippen molar-refractivity contribution in [2.45, 2.75) is 63.4 Å². The van der Waals surface area contributed by atoms with Crippen LogP contribution in [0.3, 0.4) is 0 Å². The predicted octanol–water partition coefficient (Wildman–Crippen LogP) is -2.33. The number of hydrogen-bond donors (Lipinski definition) is 8. The third kappa shape index (κ3) is 9.50. The van der Waals surface area contributed by atoms with Crippen LogP contribution in [0.1, 0.15) is 20.8 Å². The Morgan fingerprint density at radius 2 is 1.68 bits per heavy atom. The first-order valence-electron chi connectivity index (χ1n) is 9.65. The van der Waals surface area contributed by atoms with E-state index in [1.165, 1.54) is 13.0 Å². The van der Waals surface area contributed by atoms with Crippen molar-refractivity contribution in [3.8, 4) is 0 Å². The Hall–Kier alpha value is -2.95. The van der Waals surface area contributed by atoms with Crippen LogP contribution in [0.4, 0.5) is 13.2 Å². The second-order valence-electron chi connectivity index (χ2n) is 7.49. The molecule has 34 heavy (non-hydrogen) atoms. The number of ether oxygens (including phenoxy) is 1. The molecule has 196 valence electrons. The van der Waals surface area contributed by atoms with Crippen molar-refractivity contribution in [3.05, 3.63) is 11.8 Å². The molecule has 6 atom stereocenters. The number of rotatable bonds is 8. The van der Waals surface area contributed by atoms with Gasteiger partial charge in [0.1, 0.15) is 24.4 Å². The number of carboxylic acid groups (broad SMARTS) is 2. The normalized spacial score (nSPS) is 22.7. The molecule has 0 fully saturated rings. The molecule has 16 heteroatoms. The number of hydrogen-bond acceptors (Lipinski definition) is 9. The highest BCUT2D eigenvalue weighted by molar-refractivity contribution is 5.94. The van der Waals surface area contributed by atoms with Crippen LogP contribution in [0.2, 0.25) is 0 Å². The summed E-state index contributed by atoms with van der Waals surface area (Å²) in [6.45, 7) is 3.64. The van der Waals surface area contributed by atoms with E-state index >= 15 is 0 Å². The summed E-state index contributed by atoms with van der Waals surface area (Å²) in [6.07, 6.45) is -8.53. The standard InChI is InChI=1S/C16H27N3O8.C2HF3O2/c1-6(2)11(16(25)26)19-15(24)10-4-8(17)12(18-7(3)21)14(27-10)13(23)9(22)5-20;3-2(4,5)1(6)7/h4,6,8-9,11-14,20,22-23H,5,17H2,1-3H3,(H,18,21)(H,19,24)(H,25,26);(H,6,7)/t8-,9+,11-,12+,13+,14+;/m0./s1. The summed E-state index contributed by atoms with van der Waals surface area (Å²) >= 11 is 0. The molecule has 0 aliphatic carbocycles. The number of nitrogens with two attached hydrogens (primary N) is 1. The maximum atomic E-state index is 12.4. The van der Waals surface area contributed by atoms with Crippen LogP contribution in [0.15, 0.2) is 11.8 Å². The summed E-state index contributed by atoms with van der Waals surface area (Å²) in [5, 5.41) is 50.0. The Morgan fingerprint density at radius 1 is 1.18 bits per heavy atom. The van der Waals surface area contributed by atoms with Crippen LogP contribution in [-0.4, -0.2) is 98.5 Å². The molecule has 0 unspecified atom stereocenters. The zero-order chi connectivity index (χ0) is 27.0. The van der Waals surface area contributed by atoms with Crippen LogP contribution in [0.5, 0.6) is 0 Å². The van der Waals surface area contributed by atoms with Gasteiger partial charge in [0, 0.05) is 6.92 Å². The predicted molar refractivity (Wildman–Crippen MR) is 106 cm³/mol. The van der Waals surface area contributed by atoms with Gasteiger partial charge in [-0.3, -0.25) is 9.59 Å². The van der Waals surface area contributed by atoms with Crippen molar-refractivity contribution in [2.24, 2.45) is 11.7 Å². The van der Waals surface area contributed by atoms with Gasteiger partial charge < -0.3 is 46.6 Å². The second kappa shape index (κ2) is 13.1. The Balaban J connectivity index is 0.00000135. The van der Waals surface area contributed by atoms with Gasteiger partial charge in [-0.15, -0.1) is 0 Å². The average Bonchev–Trinajstić information content (AvgIpc) is 2.70. The number of amides is 2. The van der Waals surface area contributed by atoms with Crippen LogP contribution >= 0.6 is 0 Å². The van der Waals surface area contributed by atoms with Gasteiger partial charge in [0.15, 0.2) is 5.76 Å². The minimum Gasteiger partial charge on any atom is -0.480 e. The summed E-state index contributed by atoms with van der Waals surface area (Å²) in [5.74, 6) is -6.11. The molecular weight excluding hydrogens is 475 g/mol. The first-order chi connectivity index (χ1) is 15.4. The Morgan fingerprint density at radius 3 is 2.03 bits per heavy atom. The molecule has 1 heterocycles. The maximum absolute atomic E-state index is 12.4. The largest absolute Gasteiger partial charge is 0.490 e. The van der Waals surface area contributed by atoms with E-state index in [0.717, 1.165) is 0 Å². The second-order valence-corrected chi connectivity index (χ2v) is 7.49. The number of aliphatic carboxylic acids is 2. The molecule has 1 aliphatic heterocycles. The molecule has 1 rings (SSSR count). The monoisotopic (exact) mass is 503 g/mol. The van der Waals surface area contributed by atoms with E-state index < -0.39 is 78.9 Å². The van der Waals surface area contributed by atoms with Crippen molar-refractivity contribution >= 4 is 23.8 Å². The summed E-state index contributed by atoms with van der Waals surface area (Å²) < 4.78 is 37.2. The highest BCUT2D eigenvalue weighted by atomic mass is 19.4.